The van der Waals surface area contributed by atoms with Gasteiger partial charge in [0.15, 0.2) is 0 Å². The van der Waals surface area contributed by atoms with Crippen molar-refractivity contribution in [1.29, 1.82) is 0 Å². The lowest BCUT2D eigenvalue weighted by molar-refractivity contribution is 0.610. The predicted octanol–water partition coefficient (Wildman–Crippen LogP) is 5.77. The molecule has 4 rings (SSSR count). The Bertz CT molecular complexity index is 857. The minimum atomic E-state index is 0.769. The smallest absolute Gasteiger partial charge is 0.134 e. The van der Waals surface area contributed by atoms with Gasteiger partial charge < -0.3 is 9.32 Å². The number of anilines is 2. The first-order chi connectivity index (χ1) is 11.4. The second-order valence-electron chi connectivity index (χ2n) is 5.51. The highest BCUT2D eigenvalue weighted by Gasteiger charge is 2.13. The van der Waals surface area contributed by atoms with E-state index in [1.165, 1.54) is 22.3 Å². The molecule has 0 aliphatic carbocycles. The summed E-state index contributed by atoms with van der Waals surface area (Å²) in [5.74, 6) is 0. The van der Waals surface area contributed by atoms with Gasteiger partial charge in [0.05, 0.1) is 12.8 Å². The fourth-order valence-electron chi connectivity index (χ4n) is 2.87. The van der Waals surface area contributed by atoms with Gasteiger partial charge in [-0.1, -0.05) is 54.6 Å². The van der Waals surface area contributed by atoms with Crippen LogP contribution in [0.15, 0.2) is 95.6 Å². The van der Waals surface area contributed by atoms with Gasteiger partial charge in [-0.25, -0.2) is 0 Å². The highest BCUT2D eigenvalue weighted by Crippen LogP contribution is 2.30. The van der Waals surface area contributed by atoms with E-state index >= 15 is 0 Å². The van der Waals surface area contributed by atoms with E-state index in [-0.39, 0.29) is 0 Å². The lowest BCUT2D eigenvalue weighted by atomic mass is 10.1. The van der Waals surface area contributed by atoms with Crippen LogP contribution in [-0.4, -0.2) is 0 Å². The first-order valence-electron chi connectivity index (χ1n) is 7.74. The number of benzene rings is 3. The number of para-hydroxylation sites is 3. The third kappa shape index (κ3) is 2.71. The number of hydrogen-bond donors (Lipinski definition) is 0. The summed E-state index contributed by atoms with van der Waals surface area (Å²) < 4.78 is 5.69. The van der Waals surface area contributed by atoms with Crippen molar-refractivity contribution in [3.8, 4) is 0 Å². The van der Waals surface area contributed by atoms with E-state index in [1.54, 1.807) is 0 Å². The molecular formula is C21H17NO. The van der Waals surface area contributed by atoms with Gasteiger partial charge in [-0.2, -0.15) is 0 Å². The Balaban J connectivity index is 1.77. The quantitative estimate of drug-likeness (QED) is 0.475. The van der Waals surface area contributed by atoms with Crippen LogP contribution in [-0.2, 0) is 6.54 Å². The van der Waals surface area contributed by atoms with Crippen molar-refractivity contribution < 1.29 is 4.42 Å². The lowest BCUT2D eigenvalue weighted by Crippen LogP contribution is -2.15. The molecule has 3 aromatic carbocycles. The Morgan fingerprint density at radius 1 is 0.652 bits per heavy atom. The summed E-state index contributed by atoms with van der Waals surface area (Å²) in [7, 11) is 0. The molecule has 0 N–H and O–H groups in total. The maximum absolute atomic E-state index is 5.69. The van der Waals surface area contributed by atoms with Crippen LogP contribution < -0.4 is 4.90 Å². The zero-order chi connectivity index (χ0) is 15.5. The maximum atomic E-state index is 5.69. The molecule has 4 aromatic rings. The van der Waals surface area contributed by atoms with E-state index in [9.17, 15) is 0 Å². The van der Waals surface area contributed by atoms with Crippen molar-refractivity contribution in [2.45, 2.75) is 6.54 Å². The maximum Gasteiger partial charge on any atom is 0.134 e. The van der Waals surface area contributed by atoms with Crippen LogP contribution in [0, 0.1) is 0 Å². The number of hydrogen-bond acceptors (Lipinski definition) is 2. The summed E-state index contributed by atoms with van der Waals surface area (Å²) >= 11 is 0. The van der Waals surface area contributed by atoms with E-state index in [0.29, 0.717) is 0 Å². The van der Waals surface area contributed by atoms with Crippen LogP contribution in [0.2, 0.25) is 0 Å². The molecule has 0 bridgehead atoms. The van der Waals surface area contributed by atoms with Gasteiger partial charge in [0.1, 0.15) is 5.58 Å². The summed E-state index contributed by atoms with van der Waals surface area (Å²) in [5.41, 5.74) is 4.46. The van der Waals surface area contributed by atoms with Gasteiger partial charge in [0.25, 0.3) is 0 Å². The molecule has 0 unspecified atom stereocenters. The topological polar surface area (TPSA) is 16.4 Å². The van der Waals surface area contributed by atoms with Gasteiger partial charge in [-0.15, -0.1) is 0 Å². The molecule has 0 saturated carbocycles. The number of rotatable bonds is 4. The van der Waals surface area contributed by atoms with Gasteiger partial charge >= 0.3 is 0 Å². The standard InChI is InChI=1S/C21H17NO/c1-3-9-18(10-4-1)22(19-11-5-2-6-12-19)15-17-16-23-21-14-8-7-13-20(17)21/h1-14,16H,15H2. The van der Waals surface area contributed by atoms with E-state index in [4.69, 9.17) is 4.42 Å². The third-order valence-corrected chi connectivity index (χ3v) is 4.03. The van der Waals surface area contributed by atoms with Crippen LogP contribution in [0.5, 0.6) is 0 Å². The molecule has 0 radical (unpaired) electrons. The zero-order valence-electron chi connectivity index (χ0n) is 12.7. The summed E-state index contributed by atoms with van der Waals surface area (Å²) in [6.45, 7) is 0.769. The molecular weight excluding hydrogens is 282 g/mol. The fourth-order valence-corrected chi connectivity index (χ4v) is 2.87. The van der Waals surface area contributed by atoms with Crippen LogP contribution in [0.3, 0.4) is 0 Å². The minimum absolute atomic E-state index is 0.769. The first-order valence-corrected chi connectivity index (χ1v) is 7.74. The molecule has 0 fully saturated rings. The zero-order valence-corrected chi connectivity index (χ0v) is 12.7. The molecule has 0 amide bonds. The lowest BCUT2D eigenvalue weighted by Gasteiger charge is -2.24. The van der Waals surface area contributed by atoms with Crippen LogP contribution >= 0.6 is 0 Å². The van der Waals surface area contributed by atoms with Crippen molar-refractivity contribution in [3.05, 3.63) is 96.8 Å². The molecule has 0 saturated heterocycles. The fraction of sp³-hybridized carbons (Fsp3) is 0.0476. The second-order valence-corrected chi connectivity index (χ2v) is 5.51. The van der Waals surface area contributed by atoms with Crippen LogP contribution in [0.1, 0.15) is 5.56 Å². The summed E-state index contributed by atoms with van der Waals surface area (Å²) in [6, 6.07) is 29.1. The SMILES string of the molecule is c1ccc(N(Cc2coc3ccccc23)c2ccccc2)cc1. The van der Waals surface area contributed by atoms with E-state index in [2.05, 4.69) is 65.6 Å². The Kier molecular flexibility index (Phi) is 3.57. The normalized spacial score (nSPS) is 10.8. The van der Waals surface area contributed by atoms with Gasteiger partial charge in [-0.05, 0) is 30.3 Å². The molecule has 1 heterocycles. The molecule has 0 aliphatic heterocycles. The molecule has 23 heavy (non-hydrogen) atoms. The second kappa shape index (κ2) is 6.01. The molecule has 2 nitrogen and oxygen atoms in total. The predicted molar refractivity (Wildman–Crippen MR) is 94.9 cm³/mol. The third-order valence-electron chi connectivity index (χ3n) is 4.03. The van der Waals surface area contributed by atoms with Crippen molar-refractivity contribution in [2.24, 2.45) is 0 Å². The number of nitrogens with zero attached hydrogens (tertiary/aromatic N) is 1. The van der Waals surface area contributed by atoms with Gasteiger partial charge in [0.2, 0.25) is 0 Å². The Hall–Kier alpha value is -3.00. The van der Waals surface area contributed by atoms with Crippen molar-refractivity contribution in [3.63, 3.8) is 0 Å². The average Bonchev–Trinajstić information content (AvgIpc) is 3.04. The largest absolute Gasteiger partial charge is 0.464 e. The van der Waals surface area contributed by atoms with E-state index in [1.807, 2.05) is 30.5 Å². The minimum Gasteiger partial charge on any atom is -0.464 e. The molecule has 0 spiro atoms. The average molecular weight is 299 g/mol. The molecule has 112 valence electrons. The Labute approximate surface area is 135 Å². The first kappa shape index (κ1) is 13.6. The van der Waals surface area contributed by atoms with Gasteiger partial charge in [-0.3, -0.25) is 0 Å². The van der Waals surface area contributed by atoms with Crippen LogP contribution in [0.25, 0.3) is 11.0 Å². The summed E-state index contributed by atoms with van der Waals surface area (Å²) in [4.78, 5) is 2.30. The summed E-state index contributed by atoms with van der Waals surface area (Å²) in [5, 5.41) is 1.17. The van der Waals surface area contributed by atoms with E-state index in [0.717, 1.165) is 12.1 Å². The highest BCUT2D eigenvalue weighted by atomic mass is 16.3. The Morgan fingerprint density at radius 2 is 1.22 bits per heavy atom. The van der Waals surface area contributed by atoms with Crippen molar-refractivity contribution in [1.82, 2.24) is 0 Å². The number of fused-ring (bicyclic) bond motifs is 1. The Morgan fingerprint density at radius 3 is 1.87 bits per heavy atom. The summed E-state index contributed by atoms with van der Waals surface area (Å²) in [6.07, 6.45) is 1.86. The monoisotopic (exact) mass is 299 g/mol. The highest BCUT2D eigenvalue weighted by molar-refractivity contribution is 5.81. The van der Waals surface area contributed by atoms with Crippen molar-refractivity contribution in [2.75, 3.05) is 4.90 Å². The molecule has 2 heteroatoms. The van der Waals surface area contributed by atoms with Crippen LogP contribution in [0.4, 0.5) is 11.4 Å². The van der Waals surface area contributed by atoms with Gasteiger partial charge in [0, 0.05) is 22.3 Å². The molecule has 0 atom stereocenters. The van der Waals surface area contributed by atoms with Crippen molar-refractivity contribution >= 4 is 22.3 Å². The molecule has 1 aromatic heterocycles. The number of furan rings is 1. The molecule has 0 aliphatic rings. The van der Waals surface area contributed by atoms with E-state index < -0.39 is 0 Å².